The monoisotopic (exact) mass is 329 g/mol. The number of sulfonamides is 1. The normalized spacial score (nSPS) is 12.3. The average Bonchev–Trinajstić information content (AvgIpc) is 2.47. The van der Waals surface area contributed by atoms with Crippen molar-refractivity contribution in [2.24, 2.45) is 0 Å². The highest BCUT2D eigenvalue weighted by Crippen LogP contribution is 2.30. The summed E-state index contributed by atoms with van der Waals surface area (Å²) in [7, 11) is -3.96. The zero-order valence-corrected chi connectivity index (χ0v) is 12.3. The molecule has 22 heavy (non-hydrogen) atoms. The number of rotatable bonds is 5. The Labute approximate surface area is 126 Å². The molecule has 0 aliphatic rings. The summed E-state index contributed by atoms with van der Waals surface area (Å²) < 4.78 is 64.2. The summed E-state index contributed by atoms with van der Waals surface area (Å²) in [5, 5.41) is 0. The predicted octanol–water partition coefficient (Wildman–Crippen LogP) is 3.23. The maximum absolute atomic E-state index is 12.6. The largest absolute Gasteiger partial charge is 0.416 e. The summed E-state index contributed by atoms with van der Waals surface area (Å²) >= 11 is 0. The van der Waals surface area contributed by atoms with Crippen LogP contribution in [0.4, 0.5) is 13.2 Å². The molecular weight excluding hydrogens is 315 g/mol. The molecule has 1 N–H and O–H groups in total. The van der Waals surface area contributed by atoms with Gasteiger partial charge in [-0.1, -0.05) is 36.4 Å². The van der Waals surface area contributed by atoms with Gasteiger partial charge in [-0.3, -0.25) is 0 Å². The van der Waals surface area contributed by atoms with Crippen molar-refractivity contribution in [2.45, 2.75) is 17.5 Å². The maximum atomic E-state index is 12.6. The van der Waals surface area contributed by atoms with E-state index in [1.807, 2.05) is 30.3 Å². The van der Waals surface area contributed by atoms with Gasteiger partial charge in [0, 0.05) is 6.54 Å². The smallest absolute Gasteiger partial charge is 0.211 e. The summed E-state index contributed by atoms with van der Waals surface area (Å²) in [4.78, 5) is -0.393. The summed E-state index contributed by atoms with van der Waals surface area (Å²) in [6, 6.07) is 12.9. The van der Waals surface area contributed by atoms with E-state index in [1.165, 1.54) is 0 Å². The van der Waals surface area contributed by atoms with Gasteiger partial charge in [0.2, 0.25) is 10.0 Å². The predicted molar refractivity (Wildman–Crippen MR) is 76.8 cm³/mol. The molecule has 0 aliphatic heterocycles. The standard InChI is InChI=1S/C15H14F3NO2S/c16-15(17,18)13-7-4-8-14(11-13)22(20,21)19-10-9-12-5-2-1-3-6-12/h1-8,11,19H,9-10H2. The Hall–Kier alpha value is -1.86. The zero-order valence-electron chi connectivity index (χ0n) is 11.5. The first-order valence-electron chi connectivity index (χ1n) is 6.50. The maximum Gasteiger partial charge on any atom is 0.416 e. The Bertz CT molecular complexity index is 728. The van der Waals surface area contributed by atoms with Gasteiger partial charge in [0.15, 0.2) is 0 Å². The topological polar surface area (TPSA) is 46.2 Å². The number of nitrogens with one attached hydrogen (secondary N) is 1. The third-order valence-corrected chi connectivity index (χ3v) is 4.48. The molecule has 0 aliphatic carbocycles. The summed E-state index contributed by atoms with van der Waals surface area (Å²) in [5.74, 6) is 0. The Kier molecular flexibility index (Phi) is 4.87. The van der Waals surface area contributed by atoms with Gasteiger partial charge in [-0.25, -0.2) is 13.1 Å². The van der Waals surface area contributed by atoms with Crippen LogP contribution >= 0.6 is 0 Å². The minimum atomic E-state index is -4.57. The minimum absolute atomic E-state index is 0.114. The lowest BCUT2D eigenvalue weighted by Gasteiger charge is -2.10. The second-order valence-corrected chi connectivity index (χ2v) is 6.43. The molecule has 2 rings (SSSR count). The van der Waals surface area contributed by atoms with E-state index in [0.29, 0.717) is 12.5 Å². The zero-order chi connectivity index (χ0) is 16.2. The Morgan fingerprint density at radius 2 is 1.64 bits per heavy atom. The molecule has 7 heteroatoms. The van der Waals surface area contributed by atoms with Crippen LogP contribution in [0.1, 0.15) is 11.1 Å². The second kappa shape index (κ2) is 6.50. The van der Waals surface area contributed by atoms with E-state index >= 15 is 0 Å². The summed E-state index contributed by atoms with van der Waals surface area (Å²) in [6.07, 6.45) is -4.12. The molecule has 3 nitrogen and oxygen atoms in total. The molecule has 0 atom stereocenters. The fourth-order valence-electron chi connectivity index (χ4n) is 1.90. The van der Waals surface area contributed by atoms with Crippen molar-refractivity contribution in [3.05, 3.63) is 65.7 Å². The molecule has 0 fully saturated rings. The molecular formula is C15H14F3NO2S. The van der Waals surface area contributed by atoms with Gasteiger partial charge in [0.05, 0.1) is 10.5 Å². The number of halogens is 3. The fraction of sp³-hybridized carbons (Fsp3) is 0.200. The number of benzene rings is 2. The minimum Gasteiger partial charge on any atom is -0.211 e. The van der Waals surface area contributed by atoms with Crippen molar-refractivity contribution in [3.8, 4) is 0 Å². The third kappa shape index (κ3) is 4.32. The summed E-state index contributed by atoms with van der Waals surface area (Å²) in [5.41, 5.74) is -0.0484. The molecule has 2 aromatic rings. The van der Waals surface area contributed by atoms with E-state index in [-0.39, 0.29) is 6.54 Å². The molecule has 2 aromatic carbocycles. The highest BCUT2D eigenvalue weighted by Gasteiger charge is 2.31. The lowest BCUT2D eigenvalue weighted by atomic mass is 10.2. The highest BCUT2D eigenvalue weighted by molar-refractivity contribution is 7.89. The van der Waals surface area contributed by atoms with Crippen LogP contribution in [0.25, 0.3) is 0 Å². The second-order valence-electron chi connectivity index (χ2n) is 4.66. The number of hydrogen-bond donors (Lipinski definition) is 1. The van der Waals surface area contributed by atoms with E-state index < -0.39 is 26.7 Å². The molecule has 0 unspecified atom stereocenters. The first-order chi connectivity index (χ1) is 10.3. The van der Waals surface area contributed by atoms with Crippen LogP contribution in [0.2, 0.25) is 0 Å². The molecule has 0 spiro atoms. The Morgan fingerprint density at radius 3 is 2.27 bits per heavy atom. The van der Waals surface area contributed by atoms with Crippen molar-refractivity contribution >= 4 is 10.0 Å². The van der Waals surface area contributed by atoms with Gasteiger partial charge >= 0.3 is 6.18 Å². The van der Waals surface area contributed by atoms with E-state index in [4.69, 9.17) is 0 Å². The quantitative estimate of drug-likeness (QED) is 0.915. The van der Waals surface area contributed by atoms with Gasteiger partial charge < -0.3 is 0 Å². The van der Waals surface area contributed by atoms with Crippen molar-refractivity contribution in [2.75, 3.05) is 6.54 Å². The Balaban J connectivity index is 2.07. The molecule has 118 valence electrons. The van der Waals surface area contributed by atoms with E-state index in [1.54, 1.807) is 0 Å². The van der Waals surface area contributed by atoms with Crippen LogP contribution in [0.5, 0.6) is 0 Å². The first kappa shape index (κ1) is 16.5. The van der Waals surface area contributed by atoms with Gasteiger partial charge in [-0.15, -0.1) is 0 Å². The lowest BCUT2D eigenvalue weighted by molar-refractivity contribution is -0.137. The van der Waals surface area contributed by atoms with E-state index in [0.717, 1.165) is 23.8 Å². The van der Waals surface area contributed by atoms with Crippen LogP contribution in [-0.2, 0) is 22.6 Å². The van der Waals surface area contributed by atoms with Gasteiger partial charge in [-0.2, -0.15) is 13.2 Å². The van der Waals surface area contributed by atoms with Gasteiger partial charge in [0.1, 0.15) is 0 Å². The molecule has 0 saturated carbocycles. The molecule has 0 bridgehead atoms. The highest BCUT2D eigenvalue weighted by atomic mass is 32.2. The van der Waals surface area contributed by atoms with Crippen molar-refractivity contribution in [1.29, 1.82) is 0 Å². The number of alkyl halides is 3. The third-order valence-electron chi connectivity index (χ3n) is 3.02. The molecule has 0 amide bonds. The lowest BCUT2D eigenvalue weighted by Crippen LogP contribution is -2.26. The van der Waals surface area contributed by atoms with Crippen molar-refractivity contribution < 1.29 is 21.6 Å². The van der Waals surface area contributed by atoms with Gasteiger partial charge in [-0.05, 0) is 30.2 Å². The van der Waals surface area contributed by atoms with Crippen LogP contribution < -0.4 is 4.72 Å². The fourth-order valence-corrected chi connectivity index (χ4v) is 2.97. The Morgan fingerprint density at radius 1 is 0.955 bits per heavy atom. The average molecular weight is 329 g/mol. The molecule has 0 aromatic heterocycles. The van der Waals surface area contributed by atoms with Crippen LogP contribution in [0, 0.1) is 0 Å². The first-order valence-corrected chi connectivity index (χ1v) is 7.98. The van der Waals surface area contributed by atoms with E-state index in [2.05, 4.69) is 4.72 Å². The number of hydrogen-bond acceptors (Lipinski definition) is 2. The van der Waals surface area contributed by atoms with Crippen molar-refractivity contribution in [3.63, 3.8) is 0 Å². The van der Waals surface area contributed by atoms with Gasteiger partial charge in [0.25, 0.3) is 0 Å². The van der Waals surface area contributed by atoms with Crippen LogP contribution in [-0.4, -0.2) is 15.0 Å². The molecule has 0 saturated heterocycles. The summed E-state index contributed by atoms with van der Waals surface area (Å²) in [6.45, 7) is 0.114. The van der Waals surface area contributed by atoms with Crippen molar-refractivity contribution in [1.82, 2.24) is 4.72 Å². The molecule has 0 heterocycles. The van der Waals surface area contributed by atoms with E-state index in [9.17, 15) is 21.6 Å². The van der Waals surface area contributed by atoms with Crippen LogP contribution in [0.3, 0.4) is 0 Å². The molecule has 0 radical (unpaired) electrons. The van der Waals surface area contributed by atoms with Crippen LogP contribution in [0.15, 0.2) is 59.5 Å². The SMILES string of the molecule is O=S(=O)(NCCc1ccccc1)c1cccc(C(F)(F)F)c1.